The predicted molar refractivity (Wildman–Crippen MR) is 93.6 cm³/mol. The SMILES string of the molecule is CCCCCCCOc1nsc(NC(=O)NCC(C)O)c1C(N)=O. The van der Waals surface area contributed by atoms with E-state index in [1.165, 1.54) is 12.8 Å². The van der Waals surface area contributed by atoms with Crippen molar-refractivity contribution >= 4 is 28.5 Å². The van der Waals surface area contributed by atoms with Crippen molar-refractivity contribution in [2.75, 3.05) is 18.5 Å². The number of carbonyl (C=O) groups is 2. The molecule has 0 radical (unpaired) electrons. The lowest BCUT2D eigenvalue weighted by molar-refractivity contribution is 0.0997. The van der Waals surface area contributed by atoms with E-state index in [1.807, 2.05) is 0 Å². The zero-order valence-electron chi connectivity index (χ0n) is 14.1. The fourth-order valence-corrected chi connectivity index (χ4v) is 2.67. The molecular weight excluding hydrogens is 332 g/mol. The molecule has 0 bridgehead atoms. The van der Waals surface area contributed by atoms with E-state index in [0.29, 0.717) is 6.61 Å². The second kappa shape index (κ2) is 10.8. The first-order valence-corrected chi connectivity index (χ1v) is 8.88. The van der Waals surface area contributed by atoms with Gasteiger partial charge in [-0.1, -0.05) is 32.6 Å². The third kappa shape index (κ3) is 7.14. The summed E-state index contributed by atoms with van der Waals surface area (Å²) in [7, 11) is 0. The van der Waals surface area contributed by atoms with Crippen LogP contribution in [0.25, 0.3) is 0 Å². The number of aromatic nitrogens is 1. The summed E-state index contributed by atoms with van der Waals surface area (Å²) in [5.74, 6) is -0.565. The quantitative estimate of drug-likeness (QED) is 0.451. The molecule has 0 aliphatic rings. The molecule has 1 aromatic heterocycles. The molecule has 0 spiro atoms. The third-order valence-corrected chi connectivity index (χ3v) is 3.92. The van der Waals surface area contributed by atoms with E-state index < -0.39 is 18.0 Å². The molecular formula is C15H26N4O4S. The van der Waals surface area contributed by atoms with Crippen molar-refractivity contribution in [3.8, 4) is 5.88 Å². The highest BCUT2D eigenvalue weighted by atomic mass is 32.1. The molecule has 9 heteroatoms. The fourth-order valence-electron chi connectivity index (χ4n) is 1.94. The van der Waals surface area contributed by atoms with Gasteiger partial charge in [0, 0.05) is 6.54 Å². The minimum Gasteiger partial charge on any atom is -0.476 e. The number of aliphatic hydroxyl groups is 1. The Morgan fingerprint density at radius 1 is 1.33 bits per heavy atom. The fraction of sp³-hybridized carbons (Fsp3) is 0.667. The van der Waals surface area contributed by atoms with Crippen molar-refractivity contribution in [2.45, 2.75) is 52.1 Å². The Hall–Kier alpha value is -1.87. The molecule has 0 aliphatic carbocycles. The van der Waals surface area contributed by atoms with Gasteiger partial charge in [-0.2, -0.15) is 4.37 Å². The zero-order chi connectivity index (χ0) is 17.9. The molecule has 1 heterocycles. The number of rotatable bonds is 11. The molecule has 0 fully saturated rings. The van der Waals surface area contributed by atoms with Crippen LogP contribution in [0.1, 0.15) is 56.3 Å². The molecule has 136 valence electrons. The van der Waals surface area contributed by atoms with Gasteiger partial charge in [-0.15, -0.1) is 0 Å². The molecule has 3 amide bonds. The maximum Gasteiger partial charge on any atom is 0.320 e. The van der Waals surface area contributed by atoms with Crippen molar-refractivity contribution in [1.82, 2.24) is 9.69 Å². The van der Waals surface area contributed by atoms with E-state index in [-0.39, 0.29) is 23.0 Å². The number of nitrogens with two attached hydrogens (primary N) is 1. The largest absolute Gasteiger partial charge is 0.476 e. The van der Waals surface area contributed by atoms with Gasteiger partial charge in [0.2, 0.25) is 5.88 Å². The number of hydrogen-bond donors (Lipinski definition) is 4. The number of ether oxygens (including phenoxy) is 1. The van der Waals surface area contributed by atoms with Gasteiger partial charge in [0.05, 0.1) is 12.7 Å². The lowest BCUT2D eigenvalue weighted by Crippen LogP contribution is -2.34. The Kier molecular flexibility index (Phi) is 9.10. The monoisotopic (exact) mass is 358 g/mol. The summed E-state index contributed by atoms with van der Waals surface area (Å²) >= 11 is 0.929. The molecule has 1 aromatic rings. The van der Waals surface area contributed by atoms with Crippen LogP contribution in [-0.2, 0) is 0 Å². The molecule has 1 atom stereocenters. The lowest BCUT2D eigenvalue weighted by atomic mass is 10.2. The first-order chi connectivity index (χ1) is 11.5. The summed E-state index contributed by atoms with van der Waals surface area (Å²) in [6, 6.07) is -0.548. The van der Waals surface area contributed by atoms with Gasteiger partial charge in [0.25, 0.3) is 5.91 Å². The van der Waals surface area contributed by atoms with E-state index in [9.17, 15) is 9.59 Å². The molecule has 1 rings (SSSR count). The number of carbonyl (C=O) groups excluding carboxylic acids is 2. The number of urea groups is 1. The van der Waals surface area contributed by atoms with Gasteiger partial charge in [0.15, 0.2) is 0 Å². The van der Waals surface area contributed by atoms with Gasteiger partial charge in [0.1, 0.15) is 10.6 Å². The van der Waals surface area contributed by atoms with Gasteiger partial charge in [-0.25, -0.2) is 4.79 Å². The Labute approximate surface area is 145 Å². The maximum atomic E-state index is 11.7. The smallest absolute Gasteiger partial charge is 0.320 e. The van der Waals surface area contributed by atoms with Gasteiger partial charge in [-0.05, 0) is 24.9 Å². The molecule has 0 aromatic carbocycles. The number of hydrogen-bond acceptors (Lipinski definition) is 6. The highest BCUT2D eigenvalue weighted by Gasteiger charge is 2.21. The molecule has 24 heavy (non-hydrogen) atoms. The van der Waals surface area contributed by atoms with Crippen molar-refractivity contribution in [1.29, 1.82) is 0 Å². The molecule has 8 nitrogen and oxygen atoms in total. The number of amides is 3. The van der Waals surface area contributed by atoms with Crippen LogP contribution in [0.5, 0.6) is 5.88 Å². The highest BCUT2D eigenvalue weighted by molar-refractivity contribution is 7.11. The molecule has 0 saturated carbocycles. The van der Waals surface area contributed by atoms with Crippen LogP contribution in [0.4, 0.5) is 9.80 Å². The van der Waals surface area contributed by atoms with E-state index in [4.69, 9.17) is 15.6 Å². The number of nitrogens with zero attached hydrogens (tertiary/aromatic N) is 1. The summed E-state index contributed by atoms with van der Waals surface area (Å²) in [5.41, 5.74) is 5.43. The summed E-state index contributed by atoms with van der Waals surface area (Å²) in [6.07, 6.45) is 4.77. The lowest BCUT2D eigenvalue weighted by Gasteiger charge is -2.08. The minimum absolute atomic E-state index is 0.0701. The van der Waals surface area contributed by atoms with Crippen LogP contribution in [0.15, 0.2) is 0 Å². The van der Waals surface area contributed by atoms with E-state index >= 15 is 0 Å². The summed E-state index contributed by atoms with van der Waals surface area (Å²) in [4.78, 5) is 23.3. The number of unbranched alkanes of at least 4 members (excludes halogenated alkanes) is 4. The Bertz CT molecular complexity index is 534. The molecule has 0 aliphatic heterocycles. The van der Waals surface area contributed by atoms with Crippen LogP contribution in [0.3, 0.4) is 0 Å². The van der Waals surface area contributed by atoms with Crippen molar-refractivity contribution < 1.29 is 19.4 Å². The Balaban J connectivity index is 2.57. The van der Waals surface area contributed by atoms with Gasteiger partial charge < -0.3 is 20.9 Å². The number of primary amides is 1. The van der Waals surface area contributed by atoms with Crippen LogP contribution < -0.4 is 21.1 Å². The van der Waals surface area contributed by atoms with Gasteiger partial charge >= 0.3 is 6.03 Å². The highest BCUT2D eigenvalue weighted by Crippen LogP contribution is 2.30. The number of anilines is 1. The van der Waals surface area contributed by atoms with Crippen LogP contribution in [-0.4, -0.2) is 40.7 Å². The number of aliphatic hydroxyl groups excluding tert-OH is 1. The van der Waals surface area contributed by atoms with Crippen LogP contribution >= 0.6 is 11.5 Å². The van der Waals surface area contributed by atoms with Gasteiger partial charge in [-0.3, -0.25) is 10.1 Å². The molecule has 1 unspecified atom stereocenters. The summed E-state index contributed by atoms with van der Waals surface area (Å²) in [6.45, 7) is 4.24. The first kappa shape index (κ1) is 20.2. The predicted octanol–water partition coefficient (Wildman–Crippen LogP) is 2.09. The second-order valence-corrected chi connectivity index (χ2v) is 6.28. The summed E-state index contributed by atoms with van der Waals surface area (Å²) in [5, 5.41) is 14.3. The van der Waals surface area contributed by atoms with Crippen molar-refractivity contribution in [3.63, 3.8) is 0 Å². The first-order valence-electron chi connectivity index (χ1n) is 8.10. The Morgan fingerprint density at radius 2 is 2.04 bits per heavy atom. The number of nitrogens with one attached hydrogen (secondary N) is 2. The third-order valence-electron chi connectivity index (χ3n) is 3.18. The topological polar surface area (TPSA) is 127 Å². The molecule has 0 saturated heterocycles. The van der Waals surface area contributed by atoms with Crippen molar-refractivity contribution in [3.05, 3.63) is 5.56 Å². The minimum atomic E-state index is -0.712. The van der Waals surface area contributed by atoms with Crippen LogP contribution in [0, 0.1) is 0 Å². The van der Waals surface area contributed by atoms with E-state index in [1.54, 1.807) is 6.92 Å². The van der Waals surface area contributed by atoms with Crippen LogP contribution in [0.2, 0.25) is 0 Å². The van der Waals surface area contributed by atoms with E-state index in [0.717, 1.165) is 30.8 Å². The average molecular weight is 358 g/mol. The molecule has 5 N–H and O–H groups in total. The average Bonchev–Trinajstić information content (AvgIpc) is 2.91. The zero-order valence-corrected chi connectivity index (χ0v) is 14.9. The van der Waals surface area contributed by atoms with E-state index in [2.05, 4.69) is 21.9 Å². The van der Waals surface area contributed by atoms with Crippen molar-refractivity contribution in [2.24, 2.45) is 5.73 Å². The Morgan fingerprint density at radius 3 is 2.67 bits per heavy atom. The second-order valence-electron chi connectivity index (χ2n) is 5.50. The summed E-state index contributed by atoms with van der Waals surface area (Å²) < 4.78 is 9.57. The maximum absolute atomic E-state index is 11.7. The standard InChI is InChI=1S/C15H26N4O4S/c1-3-4-5-6-7-8-23-13-11(12(16)21)14(24-19-13)18-15(22)17-9-10(2)20/h10,20H,3-9H2,1-2H3,(H2,16,21)(H2,17,18,22). The normalized spacial score (nSPS) is 11.8.